The van der Waals surface area contributed by atoms with E-state index in [0.717, 1.165) is 64.3 Å². The van der Waals surface area contributed by atoms with Gasteiger partial charge in [-0.3, -0.25) is 4.79 Å². The Morgan fingerprint density at radius 3 is 2.52 bits per heavy atom. The molecule has 3 N–H and O–H groups in total. The minimum atomic E-state index is 0.189. The van der Waals surface area contributed by atoms with E-state index in [2.05, 4.69) is 29.6 Å². The molecule has 2 aromatic carbocycles. The lowest BCUT2D eigenvalue weighted by molar-refractivity contribution is -1.01. The molecule has 5 heteroatoms. The van der Waals surface area contributed by atoms with Gasteiger partial charge in [0.05, 0.1) is 6.04 Å². The summed E-state index contributed by atoms with van der Waals surface area (Å²) in [6.45, 7) is 6.67. The average Bonchev–Trinajstić information content (AvgIpc) is 2.76. The Morgan fingerprint density at radius 1 is 0.966 bits per heavy atom. The van der Waals surface area contributed by atoms with E-state index in [1.165, 1.54) is 16.0 Å². The second-order valence-corrected chi connectivity index (χ2v) is 8.30. The van der Waals surface area contributed by atoms with E-state index in [0.29, 0.717) is 6.54 Å². The lowest BCUT2D eigenvalue weighted by atomic mass is 9.88. The van der Waals surface area contributed by atoms with Crippen LogP contribution in [0.15, 0.2) is 54.6 Å². The van der Waals surface area contributed by atoms with Crippen LogP contribution in [0.25, 0.3) is 0 Å². The molecule has 0 radical (unpaired) electrons. The van der Waals surface area contributed by atoms with Crippen molar-refractivity contribution < 1.29 is 19.3 Å². The Morgan fingerprint density at radius 2 is 1.69 bits per heavy atom. The molecule has 29 heavy (non-hydrogen) atoms. The minimum absolute atomic E-state index is 0.189. The van der Waals surface area contributed by atoms with Gasteiger partial charge in [0.15, 0.2) is 6.54 Å². The number of aryl methyl sites for hydroxylation is 1. The van der Waals surface area contributed by atoms with Crippen LogP contribution in [0.3, 0.4) is 0 Å². The topological polar surface area (TPSA) is 47.2 Å². The zero-order valence-electron chi connectivity index (χ0n) is 17.2. The molecule has 1 atom stereocenters. The predicted octanol–water partition coefficient (Wildman–Crippen LogP) is 0.0426. The Kier molecular flexibility index (Phi) is 6.80. The van der Waals surface area contributed by atoms with Crippen LogP contribution in [0.4, 0.5) is 0 Å². The van der Waals surface area contributed by atoms with Crippen LogP contribution in [-0.2, 0) is 11.2 Å². The van der Waals surface area contributed by atoms with Crippen molar-refractivity contribution in [3.8, 4) is 5.75 Å². The van der Waals surface area contributed by atoms with E-state index in [4.69, 9.17) is 4.74 Å². The van der Waals surface area contributed by atoms with Gasteiger partial charge in [0.25, 0.3) is 5.91 Å². The van der Waals surface area contributed by atoms with E-state index in [1.807, 2.05) is 30.3 Å². The van der Waals surface area contributed by atoms with Crippen molar-refractivity contribution in [3.05, 3.63) is 65.7 Å². The second kappa shape index (κ2) is 9.90. The Bertz CT molecular complexity index is 788. The maximum absolute atomic E-state index is 12.6. The molecule has 5 nitrogen and oxygen atoms in total. The standard InChI is InChI=1S/C24H31N3O2/c28-24(25-23-12-6-8-20-7-4-5-11-22(20)23)19-27-15-13-26(14-16-27)17-18-29-21-9-2-1-3-10-21/h1-5,7,9-11,23H,6,8,12-19H2,(H,25,28)/p+2/t23-/m1/s1. The van der Waals surface area contributed by atoms with Crippen molar-refractivity contribution in [2.45, 2.75) is 25.3 Å². The van der Waals surface area contributed by atoms with Crippen LogP contribution in [0.1, 0.15) is 30.0 Å². The van der Waals surface area contributed by atoms with Gasteiger partial charge in [-0.25, -0.2) is 0 Å². The Balaban J connectivity index is 1.17. The third-order valence-electron chi connectivity index (χ3n) is 6.25. The van der Waals surface area contributed by atoms with Gasteiger partial charge in [0, 0.05) is 0 Å². The molecular formula is C24H33N3O2+2. The normalized spacial score (nSPS) is 23.8. The number of nitrogens with one attached hydrogen (secondary N) is 3. The zero-order chi connectivity index (χ0) is 19.9. The number of fused-ring (bicyclic) bond motifs is 1. The molecule has 1 aliphatic heterocycles. The third-order valence-corrected chi connectivity index (χ3v) is 6.25. The van der Waals surface area contributed by atoms with Gasteiger partial charge >= 0.3 is 0 Å². The highest BCUT2D eigenvalue weighted by atomic mass is 16.5. The van der Waals surface area contributed by atoms with E-state index in [-0.39, 0.29) is 11.9 Å². The number of carbonyl (C=O) groups excluding carboxylic acids is 1. The quantitative estimate of drug-likeness (QED) is 0.620. The molecule has 1 saturated heterocycles. The van der Waals surface area contributed by atoms with E-state index in [1.54, 1.807) is 4.90 Å². The number of piperazine rings is 1. The summed E-state index contributed by atoms with van der Waals surface area (Å²) in [5.41, 5.74) is 2.71. The molecule has 0 aromatic heterocycles. The van der Waals surface area contributed by atoms with Gasteiger partial charge in [-0.05, 0) is 42.5 Å². The first kappa shape index (κ1) is 19.9. The van der Waals surface area contributed by atoms with Gasteiger partial charge in [-0.1, -0.05) is 42.5 Å². The highest BCUT2D eigenvalue weighted by Crippen LogP contribution is 2.29. The summed E-state index contributed by atoms with van der Waals surface area (Å²) in [7, 11) is 0. The molecule has 1 fully saturated rings. The van der Waals surface area contributed by atoms with E-state index >= 15 is 0 Å². The fraction of sp³-hybridized carbons (Fsp3) is 0.458. The lowest BCUT2D eigenvalue weighted by Gasteiger charge is -2.30. The number of ether oxygens (including phenoxy) is 1. The molecule has 1 aliphatic carbocycles. The summed E-state index contributed by atoms with van der Waals surface area (Å²) in [4.78, 5) is 15.6. The van der Waals surface area contributed by atoms with Crippen LogP contribution in [-0.4, -0.2) is 51.8 Å². The largest absolute Gasteiger partial charge is 0.488 e. The molecule has 0 saturated carbocycles. The Labute approximate surface area is 173 Å². The molecule has 0 bridgehead atoms. The molecular weight excluding hydrogens is 362 g/mol. The number of rotatable bonds is 7. The number of para-hydroxylation sites is 1. The van der Waals surface area contributed by atoms with Crippen molar-refractivity contribution in [1.29, 1.82) is 0 Å². The number of hydrogen-bond donors (Lipinski definition) is 3. The first-order valence-electron chi connectivity index (χ1n) is 11.0. The summed E-state index contributed by atoms with van der Waals surface area (Å²) in [6, 6.07) is 18.7. The van der Waals surface area contributed by atoms with Crippen LogP contribution < -0.4 is 19.9 Å². The van der Waals surface area contributed by atoms with Gasteiger partial charge in [-0.15, -0.1) is 0 Å². The van der Waals surface area contributed by atoms with Crippen LogP contribution in [0.5, 0.6) is 5.75 Å². The molecule has 0 unspecified atom stereocenters. The van der Waals surface area contributed by atoms with Crippen LogP contribution in [0, 0.1) is 0 Å². The molecule has 2 aromatic rings. The van der Waals surface area contributed by atoms with Gasteiger partial charge < -0.3 is 19.9 Å². The smallest absolute Gasteiger partial charge is 0.275 e. The summed E-state index contributed by atoms with van der Waals surface area (Å²) < 4.78 is 5.82. The van der Waals surface area contributed by atoms with E-state index < -0.39 is 0 Å². The van der Waals surface area contributed by atoms with Crippen molar-refractivity contribution in [3.63, 3.8) is 0 Å². The van der Waals surface area contributed by atoms with Gasteiger partial charge in [-0.2, -0.15) is 0 Å². The molecule has 4 rings (SSSR count). The predicted molar refractivity (Wildman–Crippen MR) is 113 cm³/mol. The van der Waals surface area contributed by atoms with Crippen molar-refractivity contribution in [2.24, 2.45) is 0 Å². The molecule has 1 amide bonds. The summed E-state index contributed by atoms with van der Waals surface area (Å²) in [5, 5.41) is 3.30. The number of hydrogen-bond acceptors (Lipinski definition) is 2. The SMILES string of the molecule is O=C(C[NH+]1CC[NH+](CCOc2ccccc2)CC1)N[C@@H]1CCCc2ccccc21. The lowest BCUT2D eigenvalue weighted by Crippen LogP contribution is -3.28. The maximum Gasteiger partial charge on any atom is 0.275 e. The van der Waals surface area contributed by atoms with Crippen molar-refractivity contribution in [2.75, 3.05) is 45.9 Å². The van der Waals surface area contributed by atoms with Gasteiger partial charge in [0.1, 0.15) is 45.1 Å². The fourth-order valence-corrected chi connectivity index (χ4v) is 4.59. The second-order valence-electron chi connectivity index (χ2n) is 8.30. The highest BCUT2D eigenvalue weighted by molar-refractivity contribution is 5.77. The van der Waals surface area contributed by atoms with Crippen LogP contribution in [0.2, 0.25) is 0 Å². The number of quaternary nitrogens is 2. The molecule has 2 aliphatic rings. The van der Waals surface area contributed by atoms with Crippen molar-refractivity contribution >= 4 is 5.91 Å². The average molecular weight is 396 g/mol. The first-order chi connectivity index (χ1) is 14.3. The highest BCUT2D eigenvalue weighted by Gasteiger charge is 2.27. The Hall–Kier alpha value is -2.37. The molecule has 0 spiro atoms. The van der Waals surface area contributed by atoms with Gasteiger partial charge in [0.2, 0.25) is 0 Å². The van der Waals surface area contributed by atoms with Crippen LogP contribution >= 0.6 is 0 Å². The van der Waals surface area contributed by atoms with Crippen molar-refractivity contribution in [1.82, 2.24) is 5.32 Å². The molecule has 154 valence electrons. The maximum atomic E-state index is 12.6. The zero-order valence-corrected chi connectivity index (χ0v) is 17.2. The number of amides is 1. The number of benzene rings is 2. The third kappa shape index (κ3) is 5.58. The summed E-state index contributed by atoms with van der Waals surface area (Å²) in [5.74, 6) is 1.13. The summed E-state index contributed by atoms with van der Waals surface area (Å²) >= 11 is 0. The van der Waals surface area contributed by atoms with E-state index in [9.17, 15) is 4.79 Å². The minimum Gasteiger partial charge on any atom is -0.488 e. The fourth-order valence-electron chi connectivity index (χ4n) is 4.59. The first-order valence-corrected chi connectivity index (χ1v) is 11.0. The molecule has 1 heterocycles. The monoisotopic (exact) mass is 395 g/mol. The number of carbonyl (C=O) groups is 1. The summed E-state index contributed by atoms with van der Waals surface area (Å²) in [6.07, 6.45) is 3.34.